The molecular formula is C16H25NO3. The first-order valence-corrected chi connectivity index (χ1v) is 7.20. The summed E-state index contributed by atoms with van der Waals surface area (Å²) in [5, 5.41) is 12.0. The average Bonchev–Trinajstić information content (AvgIpc) is 2.41. The van der Waals surface area contributed by atoms with E-state index >= 15 is 0 Å². The first kappa shape index (κ1) is 16.5. The summed E-state index contributed by atoms with van der Waals surface area (Å²) >= 11 is 0. The quantitative estimate of drug-likeness (QED) is 0.682. The molecule has 0 aliphatic rings. The van der Waals surface area contributed by atoms with Gasteiger partial charge in [-0.05, 0) is 56.5 Å². The predicted octanol–water partition coefficient (Wildman–Crippen LogP) is 2.92. The number of carboxylic acid groups (broad SMARTS) is 1. The minimum absolute atomic E-state index is 0.443. The predicted molar refractivity (Wildman–Crippen MR) is 80.4 cm³/mol. The number of carbonyl (C=O) groups is 1. The van der Waals surface area contributed by atoms with E-state index in [0.29, 0.717) is 19.6 Å². The normalized spacial score (nSPS) is 12.2. The Balaban J connectivity index is 2.24. The van der Waals surface area contributed by atoms with Crippen molar-refractivity contribution in [3.05, 3.63) is 29.3 Å². The molecule has 0 spiro atoms. The SMILES string of the molecule is CCCC(NCCCOc1ccc(C)c(C)c1)C(=O)O. The van der Waals surface area contributed by atoms with Crippen molar-refractivity contribution < 1.29 is 14.6 Å². The van der Waals surface area contributed by atoms with Crippen molar-refractivity contribution in [1.82, 2.24) is 5.32 Å². The highest BCUT2D eigenvalue weighted by atomic mass is 16.5. The zero-order valence-electron chi connectivity index (χ0n) is 12.6. The van der Waals surface area contributed by atoms with Gasteiger partial charge in [0.25, 0.3) is 0 Å². The van der Waals surface area contributed by atoms with Crippen LogP contribution in [-0.4, -0.2) is 30.3 Å². The maximum absolute atomic E-state index is 11.0. The molecule has 0 saturated heterocycles. The standard InChI is InChI=1S/C16H25NO3/c1-4-6-15(16(18)19)17-9-5-10-20-14-8-7-12(2)13(3)11-14/h7-8,11,15,17H,4-6,9-10H2,1-3H3,(H,18,19). The Labute approximate surface area is 121 Å². The fourth-order valence-electron chi connectivity index (χ4n) is 1.94. The molecule has 0 saturated carbocycles. The van der Waals surface area contributed by atoms with E-state index in [1.807, 2.05) is 25.1 Å². The number of nitrogens with one attached hydrogen (secondary N) is 1. The minimum Gasteiger partial charge on any atom is -0.494 e. The van der Waals surface area contributed by atoms with Gasteiger partial charge in [0.1, 0.15) is 11.8 Å². The molecule has 1 unspecified atom stereocenters. The summed E-state index contributed by atoms with van der Waals surface area (Å²) in [6.45, 7) is 7.37. The molecule has 0 aliphatic carbocycles. The van der Waals surface area contributed by atoms with Gasteiger partial charge < -0.3 is 15.2 Å². The lowest BCUT2D eigenvalue weighted by atomic mass is 10.1. The zero-order valence-corrected chi connectivity index (χ0v) is 12.6. The van der Waals surface area contributed by atoms with Gasteiger partial charge in [-0.3, -0.25) is 4.79 Å². The first-order chi connectivity index (χ1) is 9.54. The summed E-state index contributed by atoms with van der Waals surface area (Å²) in [5.74, 6) is 0.0957. The van der Waals surface area contributed by atoms with Crippen LogP contribution in [0.1, 0.15) is 37.3 Å². The van der Waals surface area contributed by atoms with Gasteiger partial charge in [-0.1, -0.05) is 19.4 Å². The molecule has 0 radical (unpaired) electrons. The van der Waals surface area contributed by atoms with Crippen molar-refractivity contribution in [3.8, 4) is 5.75 Å². The Kier molecular flexibility index (Phi) is 7.09. The van der Waals surface area contributed by atoms with Crippen molar-refractivity contribution in [1.29, 1.82) is 0 Å². The minimum atomic E-state index is -0.776. The topological polar surface area (TPSA) is 58.6 Å². The van der Waals surface area contributed by atoms with E-state index in [-0.39, 0.29) is 0 Å². The molecular weight excluding hydrogens is 254 g/mol. The molecule has 1 atom stereocenters. The van der Waals surface area contributed by atoms with E-state index in [1.54, 1.807) is 0 Å². The number of hydrogen-bond donors (Lipinski definition) is 2. The molecule has 20 heavy (non-hydrogen) atoms. The van der Waals surface area contributed by atoms with Crippen molar-refractivity contribution in [2.75, 3.05) is 13.2 Å². The van der Waals surface area contributed by atoms with Crippen LogP contribution in [0.25, 0.3) is 0 Å². The monoisotopic (exact) mass is 279 g/mol. The van der Waals surface area contributed by atoms with Gasteiger partial charge in [0.15, 0.2) is 0 Å². The summed E-state index contributed by atoms with van der Waals surface area (Å²) in [4.78, 5) is 11.0. The van der Waals surface area contributed by atoms with Crippen LogP contribution >= 0.6 is 0 Å². The number of carboxylic acids is 1. The Morgan fingerprint density at radius 3 is 2.70 bits per heavy atom. The number of aliphatic carboxylic acids is 1. The average molecular weight is 279 g/mol. The molecule has 4 heteroatoms. The van der Waals surface area contributed by atoms with Gasteiger partial charge in [-0.15, -0.1) is 0 Å². The van der Waals surface area contributed by atoms with Crippen LogP contribution in [0.5, 0.6) is 5.75 Å². The van der Waals surface area contributed by atoms with Crippen LogP contribution in [-0.2, 0) is 4.79 Å². The summed E-state index contributed by atoms with van der Waals surface area (Å²) in [7, 11) is 0. The number of aryl methyl sites for hydroxylation is 2. The van der Waals surface area contributed by atoms with E-state index in [2.05, 4.69) is 19.2 Å². The summed E-state index contributed by atoms with van der Waals surface area (Å²) in [6.07, 6.45) is 2.32. The maximum Gasteiger partial charge on any atom is 0.320 e. The third kappa shape index (κ3) is 5.61. The van der Waals surface area contributed by atoms with E-state index < -0.39 is 12.0 Å². The van der Waals surface area contributed by atoms with Crippen molar-refractivity contribution in [3.63, 3.8) is 0 Å². The van der Waals surface area contributed by atoms with E-state index in [4.69, 9.17) is 9.84 Å². The molecule has 0 aliphatic heterocycles. The highest BCUT2D eigenvalue weighted by Crippen LogP contribution is 2.16. The second-order valence-corrected chi connectivity index (χ2v) is 5.08. The lowest BCUT2D eigenvalue weighted by Crippen LogP contribution is -2.37. The second kappa shape index (κ2) is 8.59. The lowest BCUT2D eigenvalue weighted by Gasteiger charge is -2.13. The largest absolute Gasteiger partial charge is 0.494 e. The lowest BCUT2D eigenvalue weighted by molar-refractivity contribution is -0.139. The van der Waals surface area contributed by atoms with Crippen LogP contribution < -0.4 is 10.1 Å². The first-order valence-electron chi connectivity index (χ1n) is 7.20. The van der Waals surface area contributed by atoms with Gasteiger partial charge in [0.2, 0.25) is 0 Å². The van der Waals surface area contributed by atoms with Crippen molar-refractivity contribution in [2.45, 2.75) is 46.1 Å². The number of hydrogen-bond acceptors (Lipinski definition) is 3. The second-order valence-electron chi connectivity index (χ2n) is 5.08. The van der Waals surface area contributed by atoms with Crippen molar-refractivity contribution in [2.24, 2.45) is 0 Å². The molecule has 0 heterocycles. The van der Waals surface area contributed by atoms with E-state index in [1.165, 1.54) is 11.1 Å². The fraction of sp³-hybridized carbons (Fsp3) is 0.562. The smallest absolute Gasteiger partial charge is 0.320 e. The van der Waals surface area contributed by atoms with Crippen LogP contribution in [0.2, 0.25) is 0 Å². The van der Waals surface area contributed by atoms with Gasteiger partial charge in [0.05, 0.1) is 6.61 Å². The van der Waals surface area contributed by atoms with Gasteiger partial charge in [-0.2, -0.15) is 0 Å². The number of benzene rings is 1. The highest BCUT2D eigenvalue weighted by Gasteiger charge is 2.14. The number of ether oxygens (including phenoxy) is 1. The van der Waals surface area contributed by atoms with Gasteiger partial charge in [-0.25, -0.2) is 0 Å². The van der Waals surface area contributed by atoms with E-state index in [0.717, 1.165) is 18.6 Å². The molecule has 0 bridgehead atoms. The zero-order chi connectivity index (χ0) is 15.0. The Hall–Kier alpha value is -1.55. The van der Waals surface area contributed by atoms with Crippen LogP contribution in [0, 0.1) is 13.8 Å². The third-order valence-corrected chi connectivity index (χ3v) is 3.33. The summed E-state index contributed by atoms with van der Waals surface area (Å²) in [6, 6.07) is 5.60. The summed E-state index contributed by atoms with van der Waals surface area (Å²) in [5.41, 5.74) is 2.47. The number of rotatable bonds is 9. The van der Waals surface area contributed by atoms with Crippen molar-refractivity contribution >= 4 is 5.97 Å². The molecule has 0 fully saturated rings. The molecule has 0 amide bonds. The molecule has 1 aromatic rings. The van der Waals surface area contributed by atoms with E-state index in [9.17, 15) is 4.79 Å². The molecule has 1 rings (SSSR count). The molecule has 112 valence electrons. The van der Waals surface area contributed by atoms with Gasteiger partial charge >= 0.3 is 5.97 Å². The molecule has 0 aromatic heterocycles. The van der Waals surface area contributed by atoms with Crippen LogP contribution in [0.3, 0.4) is 0 Å². The molecule has 1 aromatic carbocycles. The summed E-state index contributed by atoms with van der Waals surface area (Å²) < 4.78 is 5.66. The van der Waals surface area contributed by atoms with Gasteiger partial charge in [0, 0.05) is 0 Å². The van der Waals surface area contributed by atoms with Crippen LogP contribution in [0.15, 0.2) is 18.2 Å². The molecule has 4 nitrogen and oxygen atoms in total. The fourth-order valence-corrected chi connectivity index (χ4v) is 1.94. The Morgan fingerprint density at radius 1 is 1.35 bits per heavy atom. The Bertz CT molecular complexity index is 432. The maximum atomic E-state index is 11.0. The molecule has 2 N–H and O–H groups in total. The third-order valence-electron chi connectivity index (χ3n) is 3.33. The highest BCUT2D eigenvalue weighted by molar-refractivity contribution is 5.73. The van der Waals surface area contributed by atoms with Crippen LogP contribution in [0.4, 0.5) is 0 Å². The Morgan fingerprint density at radius 2 is 2.10 bits per heavy atom.